The van der Waals surface area contributed by atoms with Gasteiger partial charge in [0.05, 0.1) is 31.8 Å². The first-order valence-corrected chi connectivity index (χ1v) is 10.3. The number of nitro groups is 1. The highest BCUT2D eigenvalue weighted by Crippen LogP contribution is 2.16. The third-order valence-electron chi connectivity index (χ3n) is 5.03. The van der Waals surface area contributed by atoms with E-state index in [-0.39, 0.29) is 5.69 Å². The second-order valence-electron chi connectivity index (χ2n) is 7.13. The molecular formula is C22H29N5O4. The normalized spacial score (nSPS) is 14.8. The largest absolute Gasteiger partial charge is 0.496 e. The molecule has 0 atom stereocenters. The number of nitrogens with one attached hydrogen (secondary N) is 2. The van der Waals surface area contributed by atoms with E-state index in [1.807, 2.05) is 24.3 Å². The molecule has 2 aromatic carbocycles. The van der Waals surface area contributed by atoms with Gasteiger partial charge in [-0.3, -0.25) is 15.0 Å². The second-order valence-corrected chi connectivity index (χ2v) is 7.13. The van der Waals surface area contributed by atoms with Crippen LogP contribution in [0.2, 0.25) is 0 Å². The number of hydrogen-bond acceptors (Lipinski definition) is 6. The average Bonchev–Trinajstić information content (AvgIpc) is 2.81. The van der Waals surface area contributed by atoms with E-state index in [9.17, 15) is 10.1 Å². The number of nitrogens with zero attached hydrogens (tertiary/aromatic N) is 3. The first kappa shape index (κ1) is 22.5. The number of morpholine rings is 1. The van der Waals surface area contributed by atoms with Gasteiger partial charge < -0.3 is 20.1 Å². The summed E-state index contributed by atoms with van der Waals surface area (Å²) < 4.78 is 10.8. The molecule has 0 bridgehead atoms. The zero-order valence-corrected chi connectivity index (χ0v) is 17.8. The van der Waals surface area contributed by atoms with Crippen molar-refractivity contribution in [2.24, 2.45) is 4.99 Å². The zero-order valence-electron chi connectivity index (χ0n) is 17.8. The van der Waals surface area contributed by atoms with Crippen LogP contribution in [0.1, 0.15) is 11.1 Å². The molecule has 0 aromatic heterocycles. The molecule has 0 aliphatic carbocycles. The van der Waals surface area contributed by atoms with Gasteiger partial charge in [-0.05, 0) is 11.6 Å². The lowest BCUT2D eigenvalue weighted by Crippen LogP contribution is -2.44. The van der Waals surface area contributed by atoms with Crippen molar-refractivity contribution in [3.8, 4) is 5.75 Å². The molecule has 1 fully saturated rings. The fourth-order valence-corrected chi connectivity index (χ4v) is 3.25. The number of benzene rings is 2. The Bertz CT molecular complexity index is 866. The van der Waals surface area contributed by atoms with E-state index in [2.05, 4.69) is 20.5 Å². The van der Waals surface area contributed by atoms with Crippen molar-refractivity contribution in [1.29, 1.82) is 0 Å². The summed E-state index contributed by atoms with van der Waals surface area (Å²) >= 11 is 0. The molecule has 1 saturated heterocycles. The Labute approximate surface area is 182 Å². The molecule has 0 amide bonds. The zero-order chi connectivity index (χ0) is 21.9. The molecule has 2 aromatic rings. The summed E-state index contributed by atoms with van der Waals surface area (Å²) in [5.74, 6) is 1.50. The van der Waals surface area contributed by atoms with Crippen molar-refractivity contribution in [1.82, 2.24) is 15.5 Å². The van der Waals surface area contributed by atoms with Crippen LogP contribution in [0.4, 0.5) is 5.69 Å². The Hall–Kier alpha value is -3.17. The predicted octanol–water partition coefficient (Wildman–Crippen LogP) is 2.17. The molecule has 3 rings (SSSR count). The Kier molecular flexibility index (Phi) is 8.62. The van der Waals surface area contributed by atoms with E-state index >= 15 is 0 Å². The van der Waals surface area contributed by atoms with Crippen molar-refractivity contribution in [3.05, 3.63) is 69.8 Å². The number of ether oxygens (including phenoxy) is 2. The molecule has 1 aliphatic heterocycles. The highest BCUT2D eigenvalue weighted by Gasteiger charge is 2.10. The molecular weight excluding hydrogens is 398 g/mol. The third-order valence-corrected chi connectivity index (χ3v) is 5.03. The first-order chi connectivity index (χ1) is 15.2. The topological polar surface area (TPSA) is 101 Å². The van der Waals surface area contributed by atoms with Crippen LogP contribution in [0.5, 0.6) is 5.75 Å². The van der Waals surface area contributed by atoms with E-state index in [1.54, 1.807) is 19.2 Å². The fraction of sp³-hybridized carbons (Fsp3) is 0.409. The fourth-order valence-electron chi connectivity index (χ4n) is 3.25. The number of hydrogen-bond donors (Lipinski definition) is 2. The number of non-ortho nitro benzene ring substituents is 1. The Balaban J connectivity index is 1.61. The maximum absolute atomic E-state index is 10.8. The lowest BCUT2D eigenvalue weighted by molar-refractivity contribution is -0.384. The monoisotopic (exact) mass is 427 g/mol. The number of aliphatic imine (C=N–C) groups is 1. The van der Waals surface area contributed by atoms with E-state index in [0.717, 1.165) is 56.3 Å². The van der Waals surface area contributed by atoms with Crippen molar-refractivity contribution in [3.63, 3.8) is 0 Å². The van der Waals surface area contributed by atoms with E-state index in [4.69, 9.17) is 9.47 Å². The SMILES string of the molecule is COc1ccccc1CNC(=NCc1ccc([N+](=O)[O-])cc1)NCCN1CCOCC1. The van der Waals surface area contributed by atoms with Gasteiger partial charge in [0, 0.05) is 50.4 Å². The van der Waals surface area contributed by atoms with Gasteiger partial charge in [-0.25, -0.2) is 4.99 Å². The summed E-state index contributed by atoms with van der Waals surface area (Å²) in [6.45, 7) is 6.04. The molecule has 1 heterocycles. The number of methoxy groups -OCH3 is 1. The van der Waals surface area contributed by atoms with Crippen LogP contribution in [0.15, 0.2) is 53.5 Å². The van der Waals surface area contributed by atoms with Crippen molar-refractivity contribution in [2.45, 2.75) is 13.1 Å². The van der Waals surface area contributed by atoms with Gasteiger partial charge >= 0.3 is 0 Å². The highest BCUT2D eigenvalue weighted by atomic mass is 16.6. The highest BCUT2D eigenvalue weighted by molar-refractivity contribution is 5.79. The number of guanidine groups is 1. The molecule has 2 N–H and O–H groups in total. The molecule has 31 heavy (non-hydrogen) atoms. The maximum Gasteiger partial charge on any atom is 0.269 e. The summed E-state index contributed by atoms with van der Waals surface area (Å²) in [5.41, 5.74) is 2.01. The minimum absolute atomic E-state index is 0.0749. The van der Waals surface area contributed by atoms with Gasteiger partial charge in [0.2, 0.25) is 0 Å². The number of nitro benzene ring substituents is 1. The standard InChI is InChI=1S/C22H29N5O4/c1-30-21-5-3-2-4-19(21)17-25-22(23-10-11-26-12-14-31-15-13-26)24-16-18-6-8-20(9-7-18)27(28)29/h2-9H,10-17H2,1H3,(H2,23,24,25). The quantitative estimate of drug-likeness (QED) is 0.274. The summed E-state index contributed by atoms with van der Waals surface area (Å²) in [6.07, 6.45) is 0. The Morgan fingerprint density at radius 3 is 2.61 bits per heavy atom. The minimum atomic E-state index is -0.402. The van der Waals surface area contributed by atoms with Crippen LogP contribution >= 0.6 is 0 Å². The number of para-hydroxylation sites is 1. The number of rotatable bonds is 9. The summed E-state index contributed by atoms with van der Waals surface area (Å²) in [5, 5.41) is 17.6. The Morgan fingerprint density at radius 1 is 1.16 bits per heavy atom. The molecule has 9 nitrogen and oxygen atoms in total. The molecule has 0 unspecified atom stereocenters. The molecule has 0 saturated carbocycles. The smallest absolute Gasteiger partial charge is 0.269 e. The maximum atomic E-state index is 10.8. The van der Waals surface area contributed by atoms with Crippen molar-refractivity contribution < 1.29 is 14.4 Å². The third kappa shape index (κ3) is 7.23. The van der Waals surface area contributed by atoms with Crippen LogP contribution in [0.25, 0.3) is 0 Å². The summed E-state index contributed by atoms with van der Waals surface area (Å²) in [7, 11) is 1.66. The van der Waals surface area contributed by atoms with Crippen LogP contribution in [0.3, 0.4) is 0 Å². The van der Waals surface area contributed by atoms with Crippen molar-refractivity contribution >= 4 is 11.6 Å². The Morgan fingerprint density at radius 2 is 1.90 bits per heavy atom. The van der Waals surface area contributed by atoms with Gasteiger partial charge in [0.1, 0.15) is 5.75 Å². The lowest BCUT2D eigenvalue weighted by Gasteiger charge is -2.26. The lowest BCUT2D eigenvalue weighted by atomic mass is 10.2. The van der Waals surface area contributed by atoms with Gasteiger partial charge in [-0.1, -0.05) is 30.3 Å². The van der Waals surface area contributed by atoms with Crippen LogP contribution in [-0.2, 0) is 17.8 Å². The second kappa shape index (κ2) is 11.9. The van der Waals surface area contributed by atoms with Gasteiger partial charge in [0.15, 0.2) is 5.96 Å². The molecule has 166 valence electrons. The van der Waals surface area contributed by atoms with Gasteiger partial charge in [-0.2, -0.15) is 0 Å². The predicted molar refractivity (Wildman–Crippen MR) is 119 cm³/mol. The van der Waals surface area contributed by atoms with E-state index < -0.39 is 4.92 Å². The summed E-state index contributed by atoms with van der Waals surface area (Å²) in [6, 6.07) is 14.3. The average molecular weight is 428 g/mol. The molecule has 9 heteroatoms. The van der Waals surface area contributed by atoms with E-state index in [0.29, 0.717) is 19.0 Å². The van der Waals surface area contributed by atoms with Gasteiger partial charge in [0.25, 0.3) is 5.69 Å². The first-order valence-electron chi connectivity index (χ1n) is 10.3. The molecule has 0 radical (unpaired) electrons. The van der Waals surface area contributed by atoms with Crippen LogP contribution < -0.4 is 15.4 Å². The van der Waals surface area contributed by atoms with Crippen LogP contribution in [0, 0.1) is 10.1 Å². The summed E-state index contributed by atoms with van der Waals surface area (Å²) in [4.78, 5) is 17.4. The molecule has 0 spiro atoms. The minimum Gasteiger partial charge on any atom is -0.496 e. The van der Waals surface area contributed by atoms with E-state index in [1.165, 1.54) is 12.1 Å². The molecule has 1 aliphatic rings. The van der Waals surface area contributed by atoms with Gasteiger partial charge in [-0.15, -0.1) is 0 Å². The van der Waals surface area contributed by atoms with Crippen molar-refractivity contribution in [2.75, 3.05) is 46.5 Å². The van der Waals surface area contributed by atoms with Crippen LogP contribution in [-0.4, -0.2) is 62.3 Å².